The maximum Gasteiger partial charge on any atom is -0.0353 e. The highest BCUT2D eigenvalue weighted by Crippen LogP contribution is 2.27. The Bertz CT molecular complexity index is 131. The van der Waals surface area contributed by atoms with E-state index < -0.39 is 0 Å². The first-order valence-electron chi connectivity index (χ1n) is 6.54. The number of hydrogen-bond acceptors (Lipinski definition) is 0. The van der Waals surface area contributed by atoms with Crippen LogP contribution in [0.15, 0.2) is 12.7 Å². The summed E-state index contributed by atoms with van der Waals surface area (Å²) in [6.07, 6.45) is 18.0. The van der Waals surface area contributed by atoms with Gasteiger partial charge in [0.05, 0.1) is 0 Å². The van der Waals surface area contributed by atoms with Gasteiger partial charge in [0, 0.05) is 0 Å². The van der Waals surface area contributed by atoms with Gasteiger partial charge >= 0.3 is 0 Å². The lowest BCUT2D eigenvalue weighted by Crippen LogP contribution is -2.05. The molecule has 1 aliphatic rings. The Morgan fingerprint density at radius 1 is 0.929 bits per heavy atom. The first-order chi connectivity index (χ1) is 6.93. The molecule has 82 valence electrons. The van der Waals surface area contributed by atoms with E-state index in [1.807, 2.05) is 6.08 Å². The van der Waals surface area contributed by atoms with E-state index in [0.29, 0.717) is 0 Å². The molecule has 0 heteroatoms. The quantitative estimate of drug-likeness (QED) is 0.391. The first-order valence-corrected chi connectivity index (χ1v) is 6.54. The molecule has 0 spiro atoms. The van der Waals surface area contributed by atoms with Crippen LogP contribution in [0.2, 0.25) is 0 Å². The van der Waals surface area contributed by atoms with Crippen LogP contribution in [0.5, 0.6) is 0 Å². The second-order valence-electron chi connectivity index (χ2n) is 4.78. The minimum atomic E-state index is 1.09. The molecule has 1 saturated carbocycles. The van der Waals surface area contributed by atoms with Crippen LogP contribution in [0, 0.1) is 5.92 Å². The third kappa shape index (κ3) is 5.47. The van der Waals surface area contributed by atoms with Crippen LogP contribution >= 0.6 is 0 Å². The van der Waals surface area contributed by atoms with E-state index in [2.05, 4.69) is 6.58 Å². The predicted octanol–water partition coefficient (Wildman–Crippen LogP) is 5.09. The first kappa shape index (κ1) is 11.8. The van der Waals surface area contributed by atoms with Crippen molar-refractivity contribution in [3.63, 3.8) is 0 Å². The van der Waals surface area contributed by atoms with E-state index in [1.165, 1.54) is 70.6 Å². The summed E-state index contributed by atoms with van der Waals surface area (Å²) in [7, 11) is 0. The molecule has 1 fully saturated rings. The van der Waals surface area contributed by atoms with Crippen LogP contribution in [0.1, 0.15) is 70.6 Å². The summed E-state index contributed by atoms with van der Waals surface area (Å²) in [5, 5.41) is 0. The molecule has 0 atom stereocenters. The Morgan fingerprint density at radius 2 is 1.64 bits per heavy atom. The van der Waals surface area contributed by atoms with Crippen LogP contribution < -0.4 is 0 Å². The van der Waals surface area contributed by atoms with Crippen molar-refractivity contribution in [2.75, 3.05) is 0 Å². The molecule has 0 aromatic carbocycles. The highest BCUT2D eigenvalue weighted by Gasteiger charge is 2.12. The molecule has 1 aliphatic carbocycles. The van der Waals surface area contributed by atoms with Crippen LogP contribution in [-0.4, -0.2) is 0 Å². The van der Waals surface area contributed by atoms with Gasteiger partial charge in [0.15, 0.2) is 0 Å². The average molecular weight is 194 g/mol. The largest absolute Gasteiger partial charge is 0.103 e. The molecule has 0 radical (unpaired) electrons. The van der Waals surface area contributed by atoms with Crippen molar-refractivity contribution in [1.82, 2.24) is 0 Å². The van der Waals surface area contributed by atoms with Gasteiger partial charge in [0.1, 0.15) is 0 Å². The monoisotopic (exact) mass is 194 g/mol. The molecule has 0 unspecified atom stereocenters. The minimum absolute atomic E-state index is 1.09. The lowest BCUT2D eigenvalue weighted by Gasteiger charge is -2.21. The zero-order valence-electron chi connectivity index (χ0n) is 9.64. The van der Waals surface area contributed by atoms with Crippen LogP contribution in [0.3, 0.4) is 0 Å². The maximum absolute atomic E-state index is 3.75. The third-order valence-corrected chi connectivity index (χ3v) is 3.50. The average Bonchev–Trinajstić information content (AvgIpc) is 2.25. The van der Waals surface area contributed by atoms with Crippen molar-refractivity contribution in [3.8, 4) is 0 Å². The Balaban J connectivity index is 1.85. The second-order valence-corrected chi connectivity index (χ2v) is 4.78. The van der Waals surface area contributed by atoms with Gasteiger partial charge in [0.25, 0.3) is 0 Å². The van der Waals surface area contributed by atoms with Gasteiger partial charge in [-0.05, 0) is 18.8 Å². The molecule has 0 aliphatic heterocycles. The van der Waals surface area contributed by atoms with E-state index in [0.717, 1.165) is 5.92 Å². The summed E-state index contributed by atoms with van der Waals surface area (Å²) in [5.41, 5.74) is 0. The maximum atomic E-state index is 3.75. The fraction of sp³-hybridized carbons (Fsp3) is 0.857. The Morgan fingerprint density at radius 3 is 2.36 bits per heavy atom. The molecule has 1 rings (SSSR count). The highest BCUT2D eigenvalue weighted by molar-refractivity contribution is 4.67. The molecule has 0 aromatic heterocycles. The smallest absolute Gasteiger partial charge is 0.0353 e. The summed E-state index contributed by atoms with van der Waals surface area (Å²) in [6, 6.07) is 0. The summed E-state index contributed by atoms with van der Waals surface area (Å²) in [4.78, 5) is 0. The van der Waals surface area contributed by atoms with Crippen molar-refractivity contribution in [3.05, 3.63) is 12.7 Å². The molecule has 0 nitrogen and oxygen atoms in total. The van der Waals surface area contributed by atoms with Crippen molar-refractivity contribution in [2.45, 2.75) is 70.6 Å². The molecular weight excluding hydrogens is 168 g/mol. The lowest BCUT2D eigenvalue weighted by molar-refractivity contribution is 0.328. The van der Waals surface area contributed by atoms with Gasteiger partial charge < -0.3 is 0 Å². The van der Waals surface area contributed by atoms with Gasteiger partial charge in [-0.3, -0.25) is 0 Å². The Hall–Kier alpha value is -0.260. The summed E-state index contributed by atoms with van der Waals surface area (Å²) in [5.74, 6) is 1.09. The van der Waals surface area contributed by atoms with Gasteiger partial charge in [-0.1, -0.05) is 63.9 Å². The number of rotatable bonds is 7. The molecule has 0 aromatic rings. The van der Waals surface area contributed by atoms with E-state index in [9.17, 15) is 0 Å². The standard InChI is InChI=1S/C14H26/c1-2-3-4-5-6-8-11-14-12-9-7-10-13-14/h2,14H,1,3-13H2. The van der Waals surface area contributed by atoms with E-state index >= 15 is 0 Å². The number of hydrogen-bond donors (Lipinski definition) is 0. The van der Waals surface area contributed by atoms with Gasteiger partial charge in [-0.2, -0.15) is 0 Å². The molecule has 0 amide bonds. The second kappa shape index (κ2) is 8.08. The highest BCUT2D eigenvalue weighted by atomic mass is 14.2. The number of unbranched alkanes of at least 4 members (excludes halogenated alkanes) is 4. The predicted molar refractivity (Wildman–Crippen MR) is 64.5 cm³/mol. The fourth-order valence-corrected chi connectivity index (χ4v) is 2.55. The van der Waals surface area contributed by atoms with Crippen LogP contribution in [-0.2, 0) is 0 Å². The van der Waals surface area contributed by atoms with E-state index in [1.54, 1.807) is 0 Å². The zero-order chi connectivity index (χ0) is 10.1. The molecule has 0 heterocycles. The zero-order valence-corrected chi connectivity index (χ0v) is 9.64. The van der Waals surface area contributed by atoms with Gasteiger partial charge in [-0.15, -0.1) is 6.58 Å². The third-order valence-electron chi connectivity index (χ3n) is 3.50. The van der Waals surface area contributed by atoms with Gasteiger partial charge in [0.2, 0.25) is 0 Å². The van der Waals surface area contributed by atoms with E-state index in [4.69, 9.17) is 0 Å². The normalized spacial score (nSPS) is 18.3. The minimum Gasteiger partial charge on any atom is -0.103 e. The topological polar surface area (TPSA) is 0 Å². The fourth-order valence-electron chi connectivity index (χ4n) is 2.55. The Kier molecular flexibility index (Phi) is 6.82. The van der Waals surface area contributed by atoms with Crippen molar-refractivity contribution < 1.29 is 0 Å². The molecular formula is C14H26. The summed E-state index contributed by atoms with van der Waals surface area (Å²) >= 11 is 0. The van der Waals surface area contributed by atoms with Crippen LogP contribution in [0.25, 0.3) is 0 Å². The molecule has 0 saturated heterocycles. The van der Waals surface area contributed by atoms with E-state index in [-0.39, 0.29) is 0 Å². The molecule has 0 N–H and O–H groups in total. The molecule has 14 heavy (non-hydrogen) atoms. The molecule has 0 bridgehead atoms. The van der Waals surface area contributed by atoms with Crippen molar-refractivity contribution in [1.29, 1.82) is 0 Å². The van der Waals surface area contributed by atoms with Gasteiger partial charge in [-0.25, -0.2) is 0 Å². The van der Waals surface area contributed by atoms with Crippen molar-refractivity contribution in [2.24, 2.45) is 5.92 Å². The Labute approximate surface area is 89.8 Å². The summed E-state index contributed by atoms with van der Waals surface area (Å²) < 4.78 is 0. The van der Waals surface area contributed by atoms with Crippen molar-refractivity contribution >= 4 is 0 Å². The number of allylic oxidation sites excluding steroid dienone is 1. The lowest BCUT2D eigenvalue weighted by atomic mass is 9.85. The SMILES string of the molecule is C=CCCCCCCC1CCCCC1. The van der Waals surface area contributed by atoms with Crippen LogP contribution in [0.4, 0.5) is 0 Å². The summed E-state index contributed by atoms with van der Waals surface area (Å²) in [6.45, 7) is 3.75.